The molecular formula is C12H25N3O2. The third kappa shape index (κ3) is 5.68. The minimum Gasteiger partial charge on any atom is -0.359 e. The van der Waals surface area contributed by atoms with Gasteiger partial charge in [0.05, 0.1) is 11.5 Å². The van der Waals surface area contributed by atoms with Crippen molar-refractivity contribution in [1.82, 2.24) is 10.6 Å². The Labute approximate surface area is 104 Å². The summed E-state index contributed by atoms with van der Waals surface area (Å²) >= 11 is 0. The normalized spacial score (nSPS) is 13.4. The summed E-state index contributed by atoms with van der Waals surface area (Å²) in [5.74, 6) is 0.0774. The van der Waals surface area contributed by atoms with Gasteiger partial charge in [0, 0.05) is 13.6 Å². The van der Waals surface area contributed by atoms with Gasteiger partial charge in [0.2, 0.25) is 11.8 Å². The van der Waals surface area contributed by atoms with Gasteiger partial charge >= 0.3 is 0 Å². The lowest BCUT2D eigenvalue weighted by Crippen LogP contribution is -2.48. The molecule has 0 fully saturated rings. The molecule has 0 rings (SSSR count). The monoisotopic (exact) mass is 243 g/mol. The van der Waals surface area contributed by atoms with Crippen LogP contribution in [-0.2, 0) is 9.59 Å². The van der Waals surface area contributed by atoms with Crippen LogP contribution in [0.5, 0.6) is 0 Å². The number of hydrogen-bond donors (Lipinski definition) is 3. The molecule has 4 N–H and O–H groups in total. The summed E-state index contributed by atoms with van der Waals surface area (Å²) in [5, 5.41) is 5.29. The summed E-state index contributed by atoms with van der Waals surface area (Å²) in [6.07, 6.45) is 0.645. The van der Waals surface area contributed by atoms with Crippen molar-refractivity contribution in [2.24, 2.45) is 17.1 Å². The van der Waals surface area contributed by atoms with Gasteiger partial charge in [-0.15, -0.1) is 0 Å². The highest BCUT2D eigenvalue weighted by molar-refractivity contribution is 5.84. The van der Waals surface area contributed by atoms with Crippen LogP contribution in [0.1, 0.15) is 34.1 Å². The van der Waals surface area contributed by atoms with Crippen molar-refractivity contribution >= 4 is 11.8 Å². The van der Waals surface area contributed by atoms with Crippen molar-refractivity contribution in [3.63, 3.8) is 0 Å². The molecule has 0 unspecified atom stereocenters. The highest BCUT2D eigenvalue weighted by Gasteiger charge is 2.27. The van der Waals surface area contributed by atoms with E-state index < -0.39 is 11.5 Å². The highest BCUT2D eigenvalue weighted by Crippen LogP contribution is 2.13. The smallest absolute Gasteiger partial charge is 0.236 e. The van der Waals surface area contributed by atoms with Gasteiger partial charge in [-0.05, 0) is 26.2 Å². The number of hydrogen-bond acceptors (Lipinski definition) is 3. The number of carbonyl (C=O) groups is 2. The molecule has 0 aliphatic carbocycles. The van der Waals surface area contributed by atoms with E-state index in [0.29, 0.717) is 12.3 Å². The Morgan fingerprint density at radius 1 is 1.29 bits per heavy atom. The first-order valence-corrected chi connectivity index (χ1v) is 5.96. The van der Waals surface area contributed by atoms with Crippen molar-refractivity contribution in [3.8, 4) is 0 Å². The Morgan fingerprint density at radius 2 is 1.82 bits per heavy atom. The van der Waals surface area contributed by atoms with Gasteiger partial charge in [-0.3, -0.25) is 9.59 Å². The molecule has 17 heavy (non-hydrogen) atoms. The summed E-state index contributed by atoms with van der Waals surface area (Å²) in [7, 11) is 1.58. The summed E-state index contributed by atoms with van der Waals surface area (Å²) in [5.41, 5.74) is 5.12. The molecule has 0 spiro atoms. The highest BCUT2D eigenvalue weighted by atomic mass is 16.2. The first kappa shape index (κ1) is 15.9. The maximum Gasteiger partial charge on any atom is 0.236 e. The van der Waals surface area contributed by atoms with Crippen molar-refractivity contribution in [1.29, 1.82) is 0 Å². The van der Waals surface area contributed by atoms with E-state index in [9.17, 15) is 9.59 Å². The summed E-state index contributed by atoms with van der Waals surface area (Å²) in [4.78, 5) is 23.2. The lowest BCUT2D eigenvalue weighted by Gasteiger charge is -2.24. The number of rotatable bonds is 6. The summed E-state index contributed by atoms with van der Waals surface area (Å²) in [6, 6.07) is -0.504. The van der Waals surface area contributed by atoms with Gasteiger partial charge in [0.1, 0.15) is 0 Å². The molecule has 1 atom stereocenters. The zero-order chi connectivity index (χ0) is 13.6. The van der Waals surface area contributed by atoms with Gasteiger partial charge < -0.3 is 16.4 Å². The molecule has 0 aromatic rings. The quantitative estimate of drug-likeness (QED) is 0.625. The van der Waals surface area contributed by atoms with Crippen LogP contribution in [0.25, 0.3) is 0 Å². The molecule has 0 bridgehead atoms. The molecule has 100 valence electrons. The third-order valence-corrected chi connectivity index (χ3v) is 2.61. The second-order valence-corrected chi connectivity index (χ2v) is 5.42. The van der Waals surface area contributed by atoms with Gasteiger partial charge in [0.15, 0.2) is 0 Å². The summed E-state index contributed by atoms with van der Waals surface area (Å²) in [6.45, 7) is 7.88. The Bertz CT molecular complexity index is 275. The Hall–Kier alpha value is -1.10. The number of nitrogens with one attached hydrogen (secondary N) is 2. The molecule has 0 radical (unpaired) electrons. The molecule has 0 aromatic heterocycles. The average Bonchev–Trinajstić information content (AvgIpc) is 2.23. The number of nitrogens with two attached hydrogens (primary N) is 1. The molecule has 0 saturated carbocycles. The molecule has 0 aliphatic rings. The Morgan fingerprint density at radius 3 is 2.24 bits per heavy atom. The van der Waals surface area contributed by atoms with Crippen LogP contribution < -0.4 is 16.4 Å². The first-order chi connectivity index (χ1) is 7.70. The van der Waals surface area contributed by atoms with Crippen molar-refractivity contribution in [3.05, 3.63) is 0 Å². The van der Waals surface area contributed by atoms with E-state index in [1.807, 2.05) is 13.8 Å². The molecule has 0 aliphatic heterocycles. The molecule has 0 heterocycles. The maximum absolute atomic E-state index is 11.7. The van der Waals surface area contributed by atoms with Crippen LogP contribution in [-0.4, -0.2) is 31.4 Å². The predicted molar refractivity (Wildman–Crippen MR) is 68.3 cm³/mol. The molecular weight excluding hydrogens is 218 g/mol. The van der Waals surface area contributed by atoms with E-state index in [1.54, 1.807) is 20.9 Å². The largest absolute Gasteiger partial charge is 0.359 e. The van der Waals surface area contributed by atoms with Gasteiger partial charge in [-0.2, -0.15) is 0 Å². The fourth-order valence-corrected chi connectivity index (χ4v) is 1.47. The molecule has 2 amide bonds. The van der Waals surface area contributed by atoms with E-state index >= 15 is 0 Å². The molecule has 5 heteroatoms. The maximum atomic E-state index is 11.7. The minimum absolute atomic E-state index is 0.102. The molecule has 5 nitrogen and oxygen atoms in total. The van der Waals surface area contributed by atoms with E-state index in [0.717, 1.165) is 0 Å². The van der Waals surface area contributed by atoms with E-state index in [2.05, 4.69) is 10.6 Å². The standard InChI is InChI=1S/C12H25N3O2/c1-8(2)6-9(13)10(16)15-7-12(3,4)11(17)14-5/h8-9H,6-7,13H2,1-5H3,(H,14,17)(H,15,16)/t9-/m0/s1. The zero-order valence-electron chi connectivity index (χ0n) is 11.5. The fraction of sp³-hybridized carbons (Fsp3) is 0.833. The van der Waals surface area contributed by atoms with Gasteiger partial charge in [-0.1, -0.05) is 13.8 Å². The third-order valence-electron chi connectivity index (χ3n) is 2.61. The van der Waals surface area contributed by atoms with Gasteiger partial charge in [0.25, 0.3) is 0 Å². The first-order valence-electron chi connectivity index (χ1n) is 5.96. The summed E-state index contributed by atoms with van der Waals surface area (Å²) < 4.78 is 0. The average molecular weight is 243 g/mol. The van der Waals surface area contributed by atoms with Crippen LogP contribution in [0.15, 0.2) is 0 Å². The minimum atomic E-state index is -0.623. The van der Waals surface area contributed by atoms with Crippen molar-refractivity contribution in [2.75, 3.05) is 13.6 Å². The van der Waals surface area contributed by atoms with E-state index in [-0.39, 0.29) is 18.4 Å². The van der Waals surface area contributed by atoms with Gasteiger partial charge in [-0.25, -0.2) is 0 Å². The predicted octanol–water partition coefficient (Wildman–Crippen LogP) is 0.248. The number of amides is 2. The Kier molecular flexibility index (Phi) is 6.16. The Balaban J connectivity index is 4.19. The zero-order valence-corrected chi connectivity index (χ0v) is 11.5. The van der Waals surface area contributed by atoms with E-state index in [4.69, 9.17) is 5.73 Å². The molecule has 0 aromatic carbocycles. The van der Waals surface area contributed by atoms with Crippen LogP contribution >= 0.6 is 0 Å². The van der Waals surface area contributed by atoms with Crippen molar-refractivity contribution < 1.29 is 9.59 Å². The fourth-order valence-electron chi connectivity index (χ4n) is 1.47. The SMILES string of the molecule is CNC(=O)C(C)(C)CNC(=O)[C@@H](N)CC(C)C. The topological polar surface area (TPSA) is 84.2 Å². The second-order valence-electron chi connectivity index (χ2n) is 5.42. The lowest BCUT2D eigenvalue weighted by molar-refractivity contribution is -0.129. The lowest BCUT2D eigenvalue weighted by atomic mass is 9.92. The van der Waals surface area contributed by atoms with Crippen LogP contribution in [0.2, 0.25) is 0 Å². The van der Waals surface area contributed by atoms with E-state index in [1.165, 1.54) is 0 Å². The second kappa shape index (κ2) is 6.59. The van der Waals surface area contributed by atoms with Crippen LogP contribution in [0.3, 0.4) is 0 Å². The number of carbonyl (C=O) groups excluding carboxylic acids is 2. The van der Waals surface area contributed by atoms with Crippen LogP contribution in [0.4, 0.5) is 0 Å². The van der Waals surface area contributed by atoms with Crippen LogP contribution in [0, 0.1) is 11.3 Å². The molecule has 0 saturated heterocycles. The van der Waals surface area contributed by atoms with Crippen molar-refractivity contribution in [2.45, 2.75) is 40.2 Å².